The van der Waals surface area contributed by atoms with Crippen LogP contribution >= 0.6 is 11.8 Å². The molecule has 0 amide bonds. The Kier molecular flexibility index (Phi) is 4.23. The number of carbonyl (C=O) groups is 2. The summed E-state index contributed by atoms with van der Waals surface area (Å²) in [4.78, 5) is 26.2. The van der Waals surface area contributed by atoms with Crippen molar-refractivity contribution in [2.45, 2.75) is 11.7 Å². The Hall–Kier alpha value is -2.09. The van der Waals surface area contributed by atoms with Crippen molar-refractivity contribution in [1.82, 2.24) is 9.55 Å². The van der Waals surface area contributed by atoms with Crippen molar-refractivity contribution < 1.29 is 23.8 Å². The highest BCUT2D eigenvalue weighted by Crippen LogP contribution is 2.24. The number of benzene rings is 1. The number of aliphatic carboxylic acids is 1. The molecule has 0 saturated heterocycles. The lowest BCUT2D eigenvalue weighted by Crippen LogP contribution is -2.13. The van der Waals surface area contributed by atoms with Crippen LogP contribution in [0.15, 0.2) is 23.4 Å². The van der Waals surface area contributed by atoms with E-state index in [1.807, 2.05) is 0 Å². The maximum absolute atomic E-state index is 13.3. The van der Waals surface area contributed by atoms with Crippen LogP contribution in [0.5, 0.6) is 0 Å². The molecule has 2 rings (SSSR count). The fourth-order valence-electron chi connectivity index (χ4n) is 1.66. The minimum atomic E-state index is -1.00. The number of ether oxygens (including phenoxy) is 1. The zero-order valence-electron chi connectivity index (χ0n) is 10.5. The third-order valence-electron chi connectivity index (χ3n) is 2.51. The molecule has 106 valence electrons. The number of rotatable bonds is 5. The third kappa shape index (κ3) is 3.08. The summed E-state index contributed by atoms with van der Waals surface area (Å²) in [5.74, 6) is -2.19. The number of nitrogens with zero attached hydrogens (tertiary/aromatic N) is 2. The first kappa shape index (κ1) is 14.3. The van der Waals surface area contributed by atoms with Gasteiger partial charge in [0.2, 0.25) is 0 Å². The van der Waals surface area contributed by atoms with Gasteiger partial charge in [-0.1, -0.05) is 11.8 Å². The number of fused-ring (bicyclic) bond motifs is 1. The van der Waals surface area contributed by atoms with Crippen LogP contribution < -0.4 is 0 Å². The molecule has 1 N–H and O–H groups in total. The van der Waals surface area contributed by atoms with E-state index in [1.165, 1.54) is 29.9 Å². The van der Waals surface area contributed by atoms with Crippen LogP contribution in [-0.4, -0.2) is 39.5 Å². The number of carbonyl (C=O) groups excluding carboxylic acids is 1. The normalized spacial score (nSPS) is 10.7. The molecule has 1 heterocycles. The van der Waals surface area contributed by atoms with Crippen LogP contribution in [0.3, 0.4) is 0 Å². The van der Waals surface area contributed by atoms with Crippen molar-refractivity contribution in [2.75, 3.05) is 12.9 Å². The number of aromatic nitrogens is 2. The van der Waals surface area contributed by atoms with Crippen LogP contribution in [0.25, 0.3) is 11.0 Å². The molecule has 0 unspecified atom stereocenters. The van der Waals surface area contributed by atoms with Crippen molar-refractivity contribution in [3.05, 3.63) is 24.0 Å². The number of methoxy groups -OCH3 is 1. The van der Waals surface area contributed by atoms with E-state index in [2.05, 4.69) is 9.72 Å². The summed E-state index contributed by atoms with van der Waals surface area (Å²) >= 11 is 0.961. The van der Waals surface area contributed by atoms with Gasteiger partial charge in [-0.05, 0) is 18.2 Å². The Morgan fingerprint density at radius 3 is 2.90 bits per heavy atom. The van der Waals surface area contributed by atoms with Gasteiger partial charge >= 0.3 is 11.9 Å². The molecule has 0 fully saturated rings. The van der Waals surface area contributed by atoms with Gasteiger partial charge in [-0.25, -0.2) is 9.37 Å². The van der Waals surface area contributed by atoms with E-state index < -0.39 is 17.8 Å². The molecule has 0 saturated carbocycles. The molecule has 8 heteroatoms. The molecule has 0 spiro atoms. The van der Waals surface area contributed by atoms with Crippen LogP contribution in [-0.2, 0) is 20.9 Å². The first-order chi connectivity index (χ1) is 9.51. The average Bonchev–Trinajstić information content (AvgIpc) is 2.74. The summed E-state index contributed by atoms with van der Waals surface area (Å²) in [6.45, 7) is -0.154. The summed E-state index contributed by atoms with van der Waals surface area (Å²) in [5.41, 5.74) is 0.909. The Bertz CT molecular complexity index is 671. The number of halogens is 1. The van der Waals surface area contributed by atoms with Crippen LogP contribution in [0.2, 0.25) is 0 Å². The lowest BCUT2D eigenvalue weighted by molar-refractivity contribution is -0.141. The summed E-state index contributed by atoms with van der Waals surface area (Å²) in [6.07, 6.45) is 0. The minimum absolute atomic E-state index is 0.154. The molecule has 6 nitrogen and oxygen atoms in total. The molecular formula is C12H11FN2O4S. The van der Waals surface area contributed by atoms with Crippen LogP contribution in [0.4, 0.5) is 4.39 Å². The minimum Gasteiger partial charge on any atom is -0.481 e. The number of esters is 1. The van der Waals surface area contributed by atoms with Crippen molar-refractivity contribution in [3.63, 3.8) is 0 Å². The van der Waals surface area contributed by atoms with Crippen LogP contribution in [0.1, 0.15) is 0 Å². The lowest BCUT2D eigenvalue weighted by atomic mass is 10.3. The molecule has 1 aromatic heterocycles. The molecule has 1 aromatic carbocycles. The lowest BCUT2D eigenvalue weighted by Gasteiger charge is -2.06. The highest BCUT2D eigenvalue weighted by atomic mass is 32.2. The van der Waals surface area contributed by atoms with Gasteiger partial charge < -0.3 is 14.4 Å². The first-order valence-corrected chi connectivity index (χ1v) is 6.57. The van der Waals surface area contributed by atoms with Crippen molar-refractivity contribution in [3.8, 4) is 0 Å². The molecule has 0 atom stereocenters. The Morgan fingerprint density at radius 1 is 1.50 bits per heavy atom. The van der Waals surface area contributed by atoms with Gasteiger partial charge in [0.05, 0.1) is 23.9 Å². The van der Waals surface area contributed by atoms with Crippen molar-refractivity contribution in [2.24, 2.45) is 0 Å². The second kappa shape index (κ2) is 5.91. The van der Waals surface area contributed by atoms with Crippen molar-refractivity contribution >= 4 is 34.7 Å². The van der Waals surface area contributed by atoms with Crippen LogP contribution in [0, 0.1) is 5.82 Å². The fraction of sp³-hybridized carbons (Fsp3) is 0.250. The van der Waals surface area contributed by atoms with Crippen molar-refractivity contribution in [1.29, 1.82) is 0 Å². The maximum atomic E-state index is 13.3. The predicted molar refractivity (Wildman–Crippen MR) is 70.1 cm³/mol. The monoisotopic (exact) mass is 298 g/mol. The number of carboxylic acids is 1. The summed E-state index contributed by atoms with van der Waals surface area (Å²) in [6, 6.07) is 3.98. The van der Waals surface area contributed by atoms with Gasteiger partial charge in [0.15, 0.2) is 5.16 Å². The maximum Gasteiger partial charge on any atom is 0.325 e. The first-order valence-electron chi connectivity index (χ1n) is 5.58. The average molecular weight is 298 g/mol. The largest absolute Gasteiger partial charge is 0.481 e. The zero-order valence-corrected chi connectivity index (χ0v) is 11.3. The van der Waals surface area contributed by atoms with E-state index in [0.717, 1.165) is 11.8 Å². The second-order valence-corrected chi connectivity index (χ2v) is 4.81. The standard InChI is InChI=1S/C12H11FN2O4S/c1-19-11(18)5-15-9-4-7(13)2-3-8(9)14-12(15)20-6-10(16)17/h2-4H,5-6H2,1H3,(H,16,17). The Morgan fingerprint density at radius 2 is 2.25 bits per heavy atom. The fourth-order valence-corrected chi connectivity index (χ4v) is 2.39. The highest BCUT2D eigenvalue weighted by molar-refractivity contribution is 7.99. The second-order valence-electron chi connectivity index (χ2n) is 3.87. The van der Waals surface area contributed by atoms with E-state index >= 15 is 0 Å². The molecule has 0 aliphatic heterocycles. The Balaban J connectivity index is 2.45. The molecule has 0 aliphatic carbocycles. The van der Waals surface area contributed by atoms with Gasteiger partial charge in [0, 0.05) is 0 Å². The molecule has 2 aromatic rings. The molecule has 0 radical (unpaired) electrons. The van der Waals surface area contributed by atoms with Gasteiger partial charge in [-0.15, -0.1) is 0 Å². The summed E-state index contributed by atoms with van der Waals surface area (Å²) < 4.78 is 19.3. The highest BCUT2D eigenvalue weighted by Gasteiger charge is 2.16. The number of thioether (sulfide) groups is 1. The van der Waals surface area contributed by atoms with Gasteiger partial charge in [-0.3, -0.25) is 9.59 Å². The summed E-state index contributed by atoms with van der Waals surface area (Å²) in [5, 5.41) is 9.04. The molecule has 20 heavy (non-hydrogen) atoms. The molecule has 0 bridgehead atoms. The number of imidazole rings is 1. The van der Waals surface area contributed by atoms with Gasteiger partial charge in [0.25, 0.3) is 0 Å². The van der Waals surface area contributed by atoms with Gasteiger partial charge in [-0.2, -0.15) is 0 Å². The van der Waals surface area contributed by atoms with E-state index in [9.17, 15) is 14.0 Å². The van der Waals surface area contributed by atoms with E-state index in [4.69, 9.17) is 5.11 Å². The number of hydrogen-bond donors (Lipinski definition) is 1. The number of hydrogen-bond acceptors (Lipinski definition) is 5. The SMILES string of the molecule is COC(=O)Cn1c(SCC(=O)O)nc2ccc(F)cc21. The zero-order chi connectivity index (χ0) is 14.7. The predicted octanol–water partition coefficient (Wildman–Crippen LogP) is 1.53. The van der Waals surface area contributed by atoms with E-state index in [1.54, 1.807) is 0 Å². The quantitative estimate of drug-likeness (QED) is 0.666. The number of carboxylic acid groups (broad SMARTS) is 1. The third-order valence-corrected chi connectivity index (χ3v) is 3.48. The van der Waals surface area contributed by atoms with E-state index in [0.29, 0.717) is 16.2 Å². The topological polar surface area (TPSA) is 81.4 Å². The molecular weight excluding hydrogens is 287 g/mol. The Labute approximate surface area is 117 Å². The molecule has 0 aliphatic rings. The van der Waals surface area contributed by atoms with E-state index in [-0.39, 0.29) is 12.3 Å². The van der Waals surface area contributed by atoms with Gasteiger partial charge in [0.1, 0.15) is 12.4 Å². The summed E-state index contributed by atoms with van der Waals surface area (Å²) in [7, 11) is 1.24. The smallest absolute Gasteiger partial charge is 0.325 e.